The molecular formula is C12H26Si. The summed E-state index contributed by atoms with van der Waals surface area (Å²) in [7, 11) is -0.0921. The monoisotopic (exact) mass is 198 g/mol. The Bertz CT molecular complexity index is 138. The average Bonchev–Trinajstić information content (AvgIpc) is 2.14. The summed E-state index contributed by atoms with van der Waals surface area (Å²) in [4.78, 5) is 0. The number of hydrogen-bond donors (Lipinski definition) is 0. The maximum Gasteiger partial charge on any atom is 0.00200 e. The van der Waals surface area contributed by atoms with Crippen molar-refractivity contribution in [2.45, 2.75) is 65.5 Å². The smallest absolute Gasteiger partial charge is 0.00200 e. The van der Waals surface area contributed by atoms with Gasteiger partial charge in [0.05, 0.1) is 0 Å². The largest absolute Gasteiger partial charge is 0.104 e. The van der Waals surface area contributed by atoms with Crippen molar-refractivity contribution in [2.24, 2.45) is 5.92 Å². The molecule has 0 amide bonds. The zero-order valence-corrected chi connectivity index (χ0v) is 10.9. The molecule has 0 nitrogen and oxygen atoms in total. The lowest BCUT2D eigenvalue weighted by atomic mass is 10.1. The van der Waals surface area contributed by atoms with Crippen LogP contribution in [0.5, 0.6) is 0 Å². The van der Waals surface area contributed by atoms with E-state index in [-0.39, 0.29) is 8.41 Å². The summed E-state index contributed by atoms with van der Waals surface area (Å²) in [6.45, 7) is 9.39. The molecule has 0 rings (SSSR count). The van der Waals surface area contributed by atoms with E-state index >= 15 is 0 Å². The maximum absolute atomic E-state index is 2.62. The van der Waals surface area contributed by atoms with Crippen molar-refractivity contribution in [2.75, 3.05) is 0 Å². The number of rotatable bonds is 7. The molecule has 0 bridgehead atoms. The van der Waals surface area contributed by atoms with Crippen molar-refractivity contribution in [3.63, 3.8) is 0 Å². The van der Waals surface area contributed by atoms with Crippen LogP contribution in [0.15, 0.2) is 0 Å². The SMILES string of the molecule is CCCCC[Si](C)=CCC(C)CC. The summed E-state index contributed by atoms with van der Waals surface area (Å²) in [6, 6.07) is 1.49. The highest BCUT2D eigenvalue weighted by Crippen LogP contribution is 2.05. The predicted molar refractivity (Wildman–Crippen MR) is 66.1 cm³/mol. The second-order valence-corrected chi connectivity index (χ2v) is 6.86. The highest BCUT2D eigenvalue weighted by Gasteiger charge is 1.96. The first kappa shape index (κ1) is 13.1. The van der Waals surface area contributed by atoms with Crippen molar-refractivity contribution in [1.29, 1.82) is 0 Å². The van der Waals surface area contributed by atoms with E-state index < -0.39 is 0 Å². The standard InChI is InChI=1S/C12H26Si/c1-5-7-8-10-13(4)11-9-12(3)6-2/h11-12H,5-10H2,1-4H3. The first-order valence-corrected chi connectivity index (χ1v) is 8.14. The molecule has 1 unspecified atom stereocenters. The fourth-order valence-electron chi connectivity index (χ4n) is 1.32. The Labute approximate surface area is 86.0 Å². The van der Waals surface area contributed by atoms with Crippen molar-refractivity contribution in [3.05, 3.63) is 0 Å². The van der Waals surface area contributed by atoms with Gasteiger partial charge in [0.1, 0.15) is 0 Å². The molecule has 0 aliphatic rings. The predicted octanol–water partition coefficient (Wildman–Crippen LogP) is 4.12. The van der Waals surface area contributed by atoms with Gasteiger partial charge in [-0.2, -0.15) is 0 Å². The van der Waals surface area contributed by atoms with E-state index in [2.05, 4.69) is 33.0 Å². The van der Waals surface area contributed by atoms with Gasteiger partial charge >= 0.3 is 0 Å². The van der Waals surface area contributed by atoms with Crippen LogP contribution >= 0.6 is 0 Å². The molecular weight excluding hydrogens is 172 g/mol. The van der Waals surface area contributed by atoms with Gasteiger partial charge in [0.15, 0.2) is 0 Å². The first-order chi connectivity index (χ1) is 6.20. The van der Waals surface area contributed by atoms with Crippen LogP contribution < -0.4 is 0 Å². The molecule has 0 radical (unpaired) electrons. The maximum atomic E-state index is 2.62. The molecule has 78 valence electrons. The molecule has 0 spiro atoms. The Balaban J connectivity index is 3.50. The highest BCUT2D eigenvalue weighted by molar-refractivity contribution is 6.64. The third-order valence-corrected chi connectivity index (χ3v) is 4.82. The molecule has 13 heavy (non-hydrogen) atoms. The normalized spacial score (nSPS) is 14.6. The van der Waals surface area contributed by atoms with Crippen LogP contribution in [0.3, 0.4) is 0 Å². The molecule has 0 aromatic rings. The summed E-state index contributed by atoms with van der Waals surface area (Å²) in [6.07, 6.45) is 6.94. The van der Waals surface area contributed by atoms with Crippen LogP contribution in [0, 0.1) is 5.92 Å². The number of unbranched alkanes of at least 4 members (excludes halogenated alkanes) is 2. The van der Waals surface area contributed by atoms with E-state index in [1.54, 1.807) is 0 Å². The Kier molecular flexibility index (Phi) is 8.73. The second-order valence-electron chi connectivity index (χ2n) is 4.26. The van der Waals surface area contributed by atoms with Crippen molar-refractivity contribution in [1.82, 2.24) is 0 Å². The third-order valence-electron chi connectivity index (χ3n) is 2.74. The summed E-state index contributed by atoms with van der Waals surface area (Å²) in [5, 5.41) is 0. The highest BCUT2D eigenvalue weighted by atomic mass is 28.2. The lowest BCUT2D eigenvalue weighted by Crippen LogP contribution is -2.02. The summed E-state index contributed by atoms with van der Waals surface area (Å²) in [5.74, 6) is 0.908. The molecule has 0 aliphatic carbocycles. The lowest BCUT2D eigenvalue weighted by Gasteiger charge is -2.05. The van der Waals surface area contributed by atoms with Gasteiger partial charge < -0.3 is 0 Å². The van der Waals surface area contributed by atoms with Crippen LogP contribution in [0.1, 0.15) is 52.9 Å². The molecule has 0 aliphatic heterocycles. The molecule has 1 heteroatoms. The van der Waals surface area contributed by atoms with Crippen LogP contribution in [0.2, 0.25) is 12.6 Å². The second kappa shape index (κ2) is 8.67. The van der Waals surface area contributed by atoms with Crippen LogP contribution in [-0.2, 0) is 0 Å². The van der Waals surface area contributed by atoms with E-state index in [0.717, 1.165) is 5.92 Å². The van der Waals surface area contributed by atoms with Gasteiger partial charge in [-0.3, -0.25) is 0 Å². The van der Waals surface area contributed by atoms with Gasteiger partial charge in [0, 0.05) is 8.41 Å². The van der Waals surface area contributed by atoms with Gasteiger partial charge in [0.2, 0.25) is 0 Å². The zero-order chi connectivity index (χ0) is 10.1. The Morgan fingerprint density at radius 3 is 2.46 bits per heavy atom. The average molecular weight is 198 g/mol. The quantitative estimate of drug-likeness (QED) is 0.426. The van der Waals surface area contributed by atoms with Gasteiger partial charge in [-0.1, -0.05) is 53.0 Å². The molecule has 0 fully saturated rings. The van der Waals surface area contributed by atoms with Crippen molar-refractivity contribution >= 4 is 14.1 Å². The first-order valence-electron chi connectivity index (χ1n) is 5.86. The minimum absolute atomic E-state index is 0.0921. The minimum Gasteiger partial charge on any atom is -0.104 e. The third kappa shape index (κ3) is 8.42. The molecule has 0 aromatic carbocycles. The molecule has 0 aromatic heterocycles. The van der Waals surface area contributed by atoms with Crippen LogP contribution in [0.25, 0.3) is 0 Å². The fourth-order valence-corrected chi connectivity index (χ4v) is 3.14. The van der Waals surface area contributed by atoms with E-state index in [1.165, 1.54) is 38.1 Å². The fraction of sp³-hybridized carbons (Fsp3) is 0.917. The van der Waals surface area contributed by atoms with E-state index in [0.29, 0.717) is 0 Å². The van der Waals surface area contributed by atoms with E-state index in [1.807, 2.05) is 0 Å². The van der Waals surface area contributed by atoms with Gasteiger partial charge in [-0.25, -0.2) is 0 Å². The molecule has 0 N–H and O–H groups in total. The van der Waals surface area contributed by atoms with Gasteiger partial charge in [0.25, 0.3) is 0 Å². The van der Waals surface area contributed by atoms with Gasteiger partial charge in [-0.15, -0.1) is 5.67 Å². The minimum atomic E-state index is -0.0921. The Morgan fingerprint density at radius 2 is 1.92 bits per heavy atom. The van der Waals surface area contributed by atoms with Crippen LogP contribution in [-0.4, -0.2) is 14.1 Å². The van der Waals surface area contributed by atoms with E-state index in [9.17, 15) is 0 Å². The summed E-state index contributed by atoms with van der Waals surface area (Å²) >= 11 is 0. The molecule has 0 saturated carbocycles. The Hall–Kier alpha value is 0.0869. The summed E-state index contributed by atoms with van der Waals surface area (Å²) < 4.78 is 0. The zero-order valence-electron chi connectivity index (χ0n) is 9.90. The molecule has 0 heterocycles. The van der Waals surface area contributed by atoms with Crippen molar-refractivity contribution in [3.8, 4) is 0 Å². The number of hydrogen-bond acceptors (Lipinski definition) is 0. The van der Waals surface area contributed by atoms with E-state index in [4.69, 9.17) is 0 Å². The molecule has 0 saturated heterocycles. The lowest BCUT2D eigenvalue weighted by molar-refractivity contribution is 0.593. The van der Waals surface area contributed by atoms with Crippen LogP contribution in [0.4, 0.5) is 0 Å². The van der Waals surface area contributed by atoms with Crippen molar-refractivity contribution < 1.29 is 0 Å². The summed E-state index contributed by atoms with van der Waals surface area (Å²) in [5.41, 5.74) is 2.62. The molecule has 1 atom stereocenters. The topological polar surface area (TPSA) is 0 Å². The van der Waals surface area contributed by atoms with Gasteiger partial charge in [-0.05, 0) is 18.4 Å². The Morgan fingerprint density at radius 1 is 1.23 bits per heavy atom.